The highest BCUT2D eigenvalue weighted by molar-refractivity contribution is 7.98. The molecule has 1 aromatic heterocycles. The van der Waals surface area contributed by atoms with Crippen molar-refractivity contribution in [2.45, 2.75) is 19.4 Å². The third-order valence-corrected chi connectivity index (χ3v) is 4.27. The van der Waals surface area contributed by atoms with Crippen molar-refractivity contribution in [1.82, 2.24) is 4.37 Å². The van der Waals surface area contributed by atoms with Crippen molar-refractivity contribution in [3.8, 4) is 0 Å². The first-order valence-electron chi connectivity index (χ1n) is 5.25. The minimum Gasteiger partial charge on any atom is -0.382 e. The maximum atomic E-state index is 11.3. The Hall–Kier alpha value is -0.950. The standard InChI is InChI=1S/C10H18N4OS2/c1-6(4-5-16-3)14(2)10-7(9(12)15)8(11)13-17-10/h6H,4-5H2,1-3H3,(H2,11,13)(H2,12,15). The molecule has 1 atom stereocenters. The van der Waals surface area contributed by atoms with Crippen molar-refractivity contribution in [1.29, 1.82) is 0 Å². The van der Waals surface area contributed by atoms with E-state index in [-0.39, 0.29) is 5.82 Å². The Morgan fingerprint density at radius 1 is 1.65 bits per heavy atom. The summed E-state index contributed by atoms with van der Waals surface area (Å²) in [6, 6.07) is 0.320. The fourth-order valence-electron chi connectivity index (χ4n) is 1.45. The van der Waals surface area contributed by atoms with Gasteiger partial charge in [0.1, 0.15) is 10.6 Å². The van der Waals surface area contributed by atoms with E-state index in [1.165, 1.54) is 11.5 Å². The molecule has 1 heterocycles. The van der Waals surface area contributed by atoms with Gasteiger partial charge in [-0.15, -0.1) is 0 Å². The second kappa shape index (κ2) is 6.11. The quantitative estimate of drug-likeness (QED) is 0.819. The second-order valence-corrected chi connectivity index (χ2v) is 5.59. The van der Waals surface area contributed by atoms with Gasteiger partial charge in [0.05, 0.1) is 0 Å². The van der Waals surface area contributed by atoms with Crippen LogP contribution < -0.4 is 16.4 Å². The third-order valence-electron chi connectivity index (χ3n) is 2.67. The van der Waals surface area contributed by atoms with Crippen molar-refractivity contribution in [3.63, 3.8) is 0 Å². The Bertz CT molecular complexity index is 394. The highest BCUT2D eigenvalue weighted by atomic mass is 32.2. The number of nitrogen functional groups attached to an aromatic ring is 1. The summed E-state index contributed by atoms with van der Waals surface area (Å²) in [5.74, 6) is 0.780. The zero-order chi connectivity index (χ0) is 13.0. The van der Waals surface area contributed by atoms with E-state index >= 15 is 0 Å². The molecule has 96 valence electrons. The number of carbonyl (C=O) groups is 1. The van der Waals surface area contributed by atoms with Crippen LogP contribution in [0.15, 0.2) is 0 Å². The summed E-state index contributed by atoms with van der Waals surface area (Å²) in [4.78, 5) is 13.3. The molecule has 17 heavy (non-hydrogen) atoms. The number of nitrogens with zero attached hydrogens (tertiary/aromatic N) is 2. The van der Waals surface area contributed by atoms with Crippen LogP contribution in [0.1, 0.15) is 23.7 Å². The lowest BCUT2D eigenvalue weighted by atomic mass is 10.2. The van der Waals surface area contributed by atoms with Crippen molar-refractivity contribution in [2.24, 2.45) is 5.73 Å². The molecule has 1 rings (SSSR count). The molecule has 0 aliphatic heterocycles. The Morgan fingerprint density at radius 2 is 2.29 bits per heavy atom. The highest BCUT2D eigenvalue weighted by Crippen LogP contribution is 2.31. The van der Waals surface area contributed by atoms with Crippen LogP contribution in [-0.4, -0.2) is 35.4 Å². The van der Waals surface area contributed by atoms with E-state index in [9.17, 15) is 4.79 Å². The molecule has 0 aliphatic rings. The molecule has 1 amide bonds. The first kappa shape index (κ1) is 14.1. The summed E-state index contributed by atoms with van der Waals surface area (Å²) in [6.07, 6.45) is 3.11. The molecule has 1 aromatic rings. The van der Waals surface area contributed by atoms with Crippen LogP contribution in [-0.2, 0) is 0 Å². The molecule has 4 N–H and O–H groups in total. The molecule has 0 aromatic carbocycles. The molecule has 0 aliphatic carbocycles. The third kappa shape index (κ3) is 3.26. The van der Waals surface area contributed by atoms with Gasteiger partial charge in [-0.1, -0.05) is 0 Å². The summed E-state index contributed by atoms with van der Waals surface area (Å²) < 4.78 is 3.99. The average Bonchev–Trinajstić information content (AvgIpc) is 2.66. The number of nitrogens with two attached hydrogens (primary N) is 2. The Labute approximate surface area is 110 Å². The first-order valence-corrected chi connectivity index (χ1v) is 7.42. The van der Waals surface area contributed by atoms with Gasteiger partial charge in [-0.2, -0.15) is 16.1 Å². The van der Waals surface area contributed by atoms with Crippen LogP contribution in [0.5, 0.6) is 0 Å². The van der Waals surface area contributed by atoms with Crippen molar-refractivity contribution < 1.29 is 4.79 Å². The zero-order valence-corrected chi connectivity index (χ0v) is 11.9. The van der Waals surface area contributed by atoms with Gasteiger partial charge >= 0.3 is 0 Å². The van der Waals surface area contributed by atoms with Crippen LogP contribution in [0.2, 0.25) is 0 Å². The predicted molar refractivity (Wildman–Crippen MR) is 75.9 cm³/mol. The predicted octanol–water partition coefficient (Wildman–Crippen LogP) is 1.40. The van der Waals surface area contributed by atoms with E-state index in [1.807, 2.05) is 11.9 Å². The summed E-state index contributed by atoms with van der Waals surface area (Å²) in [5.41, 5.74) is 11.3. The van der Waals surface area contributed by atoms with E-state index in [1.54, 1.807) is 11.8 Å². The highest BCUT2D eigenvalue weighted by Gasteiger charge is 2.22. The fourth-order valence-corrected chi connectivity index (χ4v) is 2.91. The minimum absolute atomic E-state index is 0.224. The van der Waals surface area contributed by atoms with Gasteiger partial charge in [-0.05, 0) is 36.9 Å². The van der Waals surface area contributed by atoms with Crippen LogP contribution in [0, 0.1) is 0 Å². The minimum atomic E-state index is -0.518. The Kier molecular flexibility index (Phi) is 5.07. The number of carbonyl (C=O) groups excluding carboxylic acids is 1. The number of thioether (sulfide) groups is 1. The van der Waals surface area contributed by atoms with Gasteiger partial charge in [0.25, 0.3) is 5.91 Å². The van der Waals surface area contributed by atoms with E-state index in [0.717, 1.165) is 17.2 Å². The van der Waals surface area contributed by atoms with Crippen LogP contribution >= 0.6 is 23.3 Å². The van der Waals surface area contributed by atoms with Gasteiger partial charge in [0.2, 0.25) is 0 Å². The lowest BCUT2D eigenvalue weighted by molar-refractivity contribution is 0.100. The summed E-state index contributed by atoms with van der Waals surface area (Å²) in [6.45, 7) is 2.11. The van der Waals surface area contributed by atoms with Crippen molar-refractivity contribution >= 4 is 40.0 Å². The van der Waals surface area contributed by atoms with Crippen LogP contribution in [0.3, 0.4) is 0 Å². The van der Waals surface area contributed by atoms with Gasteiger partial charge in [-0.25, -0.2) is 0 Å². The van der Waals surface area contributed by atoms with Crippen LogP contribution in [0.4, 0.5) is 10.8 Å². The number of rotatable bonds is 6. The largest absolute Gasteiger partial charge is 0.382 e. The molecule has 5 nitrogen and oxygen atoms in total. The molecule has 0 saturated carbocycles. The van der Waals surface area contributed by atoms with Gasteiger partial charge in [-0.3, -0.25) is 4.79 Å². The number of primary amides is 1. The molecule has 0 radical (unpaired) electrons. The zero-order valence-electron chi connectivity index (χ0n) is 10.3. The molecule has 0 spiro atoms. The van der Waals surface area contributed by atoms with E-state index in [0.29, 0.717) is 11.6 Å². The lowest BCUT2D eigenvalue weighted by Gasteiger charge is -2.25. The number of anilines is 2. The van der Waals surface area contributed by atoms with Crippen LogP contribution in [0.25, 0.3) is 0 Å². The first-order chi connectivity index (χ1) is 7.99. The normalized spacial score (nSPS) is 12.4. The molecule has 0 bridgehead atoms. The summed E-state index contributed by atoms with van der Waals surface area (Å²) in [5, 5.41) is 0.753. The smallest absolute Gasteiger partial charge is 0.255 e. The molecule has 0 fully saturated rings. The molecule has 1 unspecified atom stereocenters. The Balaban J connectivity index is 2.88. The fraction of sp³-hybridized carbons (Fsp3) is 0.600. The van der Waals surface area contributed by atoms with Crippen molar-refractivity contribution in [3.05, 3.63) is 5.56 Å². The van der Waals surface area contributed by atoms with E-state index in [4.69, 9.17) is 11.5 Å². The monoisotopic (exact) mass is 274 g/mol. The van der Waals surface area contributed by atoms with E-state index in [2.05, 4.69) is 17.6 Å². The number of hydrogen-bond donors (Lipinski definition) is 2. The summed E-state index contributed by atoms with van der Waals surface area (Å²) >= 11 is 3.02. The molecule has 7 heteroatoms. The Morgan fingerprint density at radius 3 is 2.82 bits per heavy atom. The number of hydrogen-bond acceptors (Lipinski definition) is 6. The lowest BCUT2D eigenvalue weighted by Crippen LogP contribution is -2.30. The summed E-state index contributed by atoms with van der Waals surface area (Å²) in [7, 11) is 1.93. The van der Waals surface area contributed by atoms with Crippen molar-refractivity contribution in [2.75, 3.05) is 29.7 Å². The molecular weight excluding hydrogens is 256 g/mol. The maximum Gasteiger partial charge on any atom is 0.255 e. The van der Waals surface area contributed by atoms with Gasteiger partial charge < -0.3 is 16.4 Å². The number of amides is 1. The number of aromatic nitrogens is 1. The molecule has 0 saturated heterocycles. The molecular formula is C10H18N4OS2. The maximum absolute atomic E-state index is 11.3. The second-order valence-electron chi connectivity index (χ2n) is 3.85. The van der Waals surface area contributed by atoms with Gasteiger partial charge in [0.15, 0.2) is 5.82 Å². The topological polar surface area (TPSA) is 85.2 Å². The average molecular weight is 274 g/mol. The van der Waals surface area contributed by atoms with E-state index < -0.39 is 5.91 Å². The van der Waals surface area contributed by atoms with Gasteiger partial charge in [0, 0.05) is 13.1 Å². The SMILES string of the molecule is CSCCC(C)N(C)c1snc(N)c1C(N)=O.